The van der Waals surface area contributed by atoms with E-state index in [0.717, 1.165) is 0 Å². The van der Waals surface area contributed by atoms with Crippen molar-refractivity contribution in [2.24, 2.45) is 17.3 Å². The molecule has 17 heavy (non-hydrogen) atoms. The van der Waals surface area contributed by atoms with E-state index in [1.165, 1.54) is 14.2 Å². The van der Waals surface area contributed by atoms with E-state index in [1.54, 1.807) is 6.92 Å². The lowest BCUT2D eigenvalue weighted by Crippen LogP contribution is -2.26. The molecule has 0 unspecified atom stereocenters. The van der Waals surface area contributed by atoms with Crippen molar-refractivity contribution < 1.29 is 19.1 Å². The van der Waals surface area contributed by atoms with Gasteiger partial charge in [0.1, 0.15) is 0 Å². The number of ether oxygens (including phenoxy) is 2. The largest absolute Gasteiger partial charge is 0.469 e. The first kappa shape index (κ1) is 15.9. The fraction of sp³-hybridized carbons (Fsp3) is 0.846. The van der Waals surface area contributed by atoms with Gasteiger partial charge in [-0.25, -0.2) is 0 Å². The van der Waals surface area contributed by atoms with Crippen LogP contribution in [-0.2, 0) is 19.1 Å². The third-order valence-electron chi connectivity index (χ3n) is 2.63. The molecule has 0 aliphatic rings. The van der Waals surface area contributed by atoms with E-state index >= 15 is 0 Å². The molecule has 0 saturated heterocycles. The van der Waals surface area contributed by atoms with E-state index in [9.17, 15) is 9.59 Å². The molecule has 0 heterocycles. The van der Waals surface area contributed by atoms with Gasteiger partial charge in [-0.1, -0.05) is 27.7 Å². The minimum Gasteiger partial charge on any atom is -0.469 e. The molecule has 0 fully saturated rings. The van der Waals surface area contributed by atoms with E-state index in [2.05, 4.69) is 25.5 Å². The first-order valence-electron chi connectivity index (χ1n) is 5.87. The lowest BCUT2D eigenvalue weighted by molar-refractivity contribution is -0.150. The third kappa shape index (κ3) is 6.29. The molecule has 0 aromatic rings. The summed E-state index contributed by atoms with van der Waals surface area (Å²) >= 11 is 0. The zero-order valence-corrected chi connectivity index (χ0v) is 11.7. The summed E-state index contributed by atoms with van der Waals surface area (Å²) < 4.78 is 9.45. The van der Waals surface area contributed by atoms with Crippen LogP contribution in [0.3, 0.4) is 0 Å². The van der Waals surface area contributed by atoms with Crippen LogP contribution in [-0.4, -0.2) is 26.2 Å². The second-order valence-corrected chi connectivity index (χ2v) is 5.64. The Morgan fingerprint density at radius 3 is 1.88 bits per heavy atom. The lowest BCUT2D eigenvalue weighted by Gasteiger charge is -2.25. The first-order valence-corrected chi connectivity index (χ1v) is 5.87. The fourth-order valence-corrected chi connectivity index (χ4v) is 1.89. The number of carbonyl (C=O) groups excluding carboxylic acids is 2. The van der Waals surface area contributed by atoms with Crippen molar-refractivity contribution >= 4 is 11.9 Å². The molecule has 2 atom stereocenters. The maximum atomic E-state index is 11.7. The number of carbonyl (C=O) groups is 2. The predicted molar refractivity (Wildman–Crippen MR) is 65.4 cm³/mol. The van der Waals surface area contributed by atoms with E-state index < -0.39 is 0 Å². The minimum atomic E-state index is -0.286. The van der Waals surface area contributed by atoms with Gasteiger partial charge in [-0.15, -0.1) is 0 Å². The van der Waals surface area contributed by atoms with Gasteiger partial charge >= 0.3 is 11.9 Å². The van der Waals surface area contributed by atoms with Crippen LogP contribution < -0.4 is 0 Å². The molecular weight excluding hydrogens is 220 g/mol. The number of methoxy groups -OCH3 is 2. The van der Waals surface area contributed by atoms with E-state index in [1.807, 2.05) is 0 Å². The third-order valence-corrected chi connectivity index (χ3v) is 2.63. The Morgan fingerprint density at radius 2 is 1.53 bits per heavy atom. The molecule has 0 saturated carbocycles. The number of rotatable bonds is 5. The quantitative estimate of drug-likeness (QED) is 0.697. The Hall–Kier alpha value is -1.06. The molecule has 4 nitrogen and oxygen atoms in total. The summed E-state index contributed by atoms with van der Waals surface area (Å²) in [5.41, 5.74) is 0.0225. The zero-order valence-electron chi connectivity index (χ0n) is 11.7. The molecule has 0 spiro atoms. The highest BCUT2D eigenvalue weighted by Gasteiger charge is 2.29. The highest BCUT2D eigenvalue weighted by molar-refractivity contribution is 5.75. The normalized spacial score (nSPS) is 14.9. The van der Waals surface area contributed by atoms with E-state index in [4.69, 9.17) is 4.74 Å². The average molecular weight is 244 g/mol. The van der Waals surface area contributed by atoms with Crippen molar-refractivity contribution in [2.75, 3.05) is 14.2 Å². The van der Waals surface area contributed by atoms with Crippen LogP contribution in [0.15, 0.2) is 0 Å². The summed E-state index contributed by atoms with van der Waals surface area (Å²) in [7, 11) is 2.73. The highest BCUT2D eigenvalue weighted by atomic mass is 16.5. The molecule has 0 aliphatic carbocycles. The van der Waals surface area contributed by atoms with Crippen LogP contribution in [0.5, 0.6) is 0 Å². The van der Waals surface area contributed by atoms with Gasteiger partial charge in [-0.3, -0.25) is 9.59 Å². The van der Waals surface area contributed by atoms with Crippen LogP contribution in [0.2, 0.25) is 0 Å². The average Bonchev–Trinajstić information content (AvgIpc) is 2.23. The van der Waals surface area contributed by atoms with Crippen molar-refractivity contribution in [2.45, 2.75) is 40.5 Å². The molecule has 0 bridgehead atoms. The van der Waals surface area contributed by atoms with Crippen molar-refractivity contribution in [3.05, 3.63) is 0 Å². The molecule has 100 valence electrons. The van der Waals surface area contributed by atoms with Crippen LogP contribution >= 0.6 is 0 Å². The smallest absolute Gasteiger partial charge is 0.308 e. The Labute approximate surface area is 104 Å². The summed E-state index contributed by atoms with van der Waals surface area (Å²) in [5.74, 6) is -1.08. The van der Waals surface area contributed by atoms with Crippen LogP contribution in [0.1, 0.15) is 40.5 Å². The van der Waals surface area contributed by atoms with Gasteiger partial charge in [-0.2, -0.15) is 0 Å². The maximum Gasteiger partial charge on any atom is 0.308 e. The Morgan fingerprint density at radius 1 is 1.06 bits per heavy atom. The second kappa shape index (κ2) is 6.62. The molecule has 0 aromatic heterocycles. The predicted octanol–water partition coefficient (Wildman–Crippen LogP) is 2.41. The highest BCUT2D eigenvalue weighted by Crippen LogP contribution is 2.29. The summed E-state index contributed by atoms with van der Waals surface area (Å²) in [6.07, 6.45) is 1.16. The van der Waals surface area contributed by atoms with E-state index in [0.29, 0.717) is 12.8 Å². The number of hydrogen-bond donors (Lipinski definition) is 0. The molecule has 0 amide bonds. The number of hydrogen-bond acceptors (Lipinski definition) is 4. The van der Waals surface area contributed by atoms with Gasteiger partial charge in [0.05, 0.1) is 26.1 Å². The van der Waals surface area contributed by atoms with Gasteiger partial charge in [0.2, 0.25) is 0 Å². The topological polar surface area (TPSA) is 52.6 Å². The lowest BCUT2D eigenvalue weighted by atomic mass is 9.81. The Kier molecular flexibility index (Phi) is 6.21. The fourth-order valence-electron chi connectivity index (χ4n) is 1.89. The summed E-state index contributed by atoms with van der Waals surface area (Å²) in [6.45, 7) is 7.95. The van der Waals surface area contributed by atoms with Gasteiger partial charge in [-0.05, 0) is 18.3 Å². The van der Waals surface area contributed by atoms with Crippen molar-refractivity contribution in [1.29, 1.82) is 0 Å². The first-order chi connectivity index (χ1) is 7.71. The standard InChI is InChI=1S/C13H24O4/c1-9(11(14)16-5)7-10(12(15)17-6)8-13(2,3)4/h9-10H,7-8H2,1-6H3/t9-,10+/m1/s1. The van der Waals surface area contributed by atoms with Gasteiger partial charge in [0, 0.05) is 0 Å². The minimum absolute atomic E-state index is 0.0225. The van der Waals surface area contributed by atoms with Crippen LogP contribution in [0, 0.1) is 17.3 Å². The van der Waals surface area contributed by atoms with Crippen molar-refractivity contribution in [1.82, 2.24) is 0 Å². The second-order valence-electron chi connectivity index (χ2n) is 5.64. The maximum absolute atomic E-state index is 11.7. The summed E-state index contributed by atoms with van der Waals surface area (Å²) in [6, 6.07) is 0. The zero-order chi connectivity index (χ0) is 13.6. The van der Waals surface area contributed by atoms with Gasteiger partial charge in [0.15, 0.2) is 0 Å². The summed E-state index contributed by atoms with van der Waals surface area (Å²) in [5, 5.41) is 0. The monoisotopic (exact) mass is 244 g/mol. The van der Waals surface area contributed by atoms with E-state index in [-0.39, 0.29) is 29.2 Å². The number of esters is 2. The van der Waals surface area contributed by atoms with Crippen molar-refractivity contribution in [3.63, 3.8) is 0 Å². The van der Waals surface area contributed by atoms with Gasteiger partial charge < -0.3 is 9.47 Å². The molecular formula is C13H24O4. The Balaban J connectivity index is 4.60. The molecule has 0 rings (SSSR count). The Bertz CT molecular complexity index is 265. The van der Waals surface area contributed by atoms with Crippen LogP contribution in [0.4, 0.5) is 0 Å². The molecule has 0 N–H and O–H groups in total. The molecule has 0 radical (unpaired) electrons. The molecule has 4 heteroatoms. The van der Waals surface area contributed by atoms with Gasteiger partial charge in [0.25, 0.3) is 0 Å². The van der Waals surface area contributed by atoms with Crippen LogP contribution in [0.25, 0.3) is 0 Å². The summed E-state index contributed by atoms with van der Waals surface area (Å²) in [4.78, 5) is 23.0. The molecule has 0 aliphatic heterocycles. The molecule has 0 aromatic carbocycles. The SMILES string of the molecule is COC(=O)[C@@H](C[C@@H](C)C(=O)OC)CC(C)(C)C. The van der Waals surface area contributed by atoms with Crippen molar-refractivity contribution in [3.8, 4) is 0 Å².